The van der Waals surface area contributed by atoms with Crippen LogP contribution in [-0.4, -0.2) is 24.9 Å². The Labute approximate surface area is 110 Å². The summed E-state index contributed by atoms with van der Waals surface area (Å²) in [5, 5.41) is 8.58. The second kappa shape index (κ2) is 8.06. The summed E-state index contributed by atoms with van der Waals surface area (Å²) in [6.07, 6.45) is 5.19. The summed E-state index contributed by atoms with van der Waals surface area (Å²) < 4.78 is 5.18. The van der Waals surface area contributed by atoms with Gasteiger partial charge >= 0.3 is 0 Å². The lowest BCUT2D eigenvalue weighted by Gasteiger charge is -2.08. The van der Waals surface area contributed by atoms with E-state index in [0.717, 1.165) is 6.42 Å². The Kier molecular flexibility index (Phi) is 6.69. The number of ether oxygens (including phenoxy) is 1. The third-order valence-corrected chi connectivity index (χ3v) is 2.73. The first kappa shape index (κ1) is 14.9. The molecule has 0 saturated carbocycles. The van der Waals surface area contributed by atoms with Gasteiger partial charge < -0.3 is 9.84 Å². The van der Waals surface area contributed by atoms with Crippen LogP contribution >= 0.6 is 0 Å². The van der Waals surface area contributed by atoms with Crippen LogP contribution in [0.2, 0.25) is 0 Å². The van der Waals surface area contributed by atoms with E-state index in [1.807, 2.05) is 6.08 Å². The molecule has 1 aromatic rings. The summed E-state index contributed by atoms with van der Waals surface area (Å²) in [4.78, 5) is 0. The fourth-order valence-corrected chi connectivity index (χ4v) is 1.91. The Balaban J connectivity index is 2.56. The molecule has 0 spiro atoms. The van der Waals surface area contributed by atoms with Crippen molar-refractivity contribution in [3.05, 3.63) is 41.0 Å². The number of benzene rings is 1. The zero-order valence-corrected chi connectivity index (χ0v) is 11.6. The summed E-state index contributed by atoms with van der Waals surface area (Å²) in [6, 6.07) is 6.62. The highest BCUT2D eigenvalue weighted by Crippen LogP contribution is 2.15. The molecule has 0 radical (unpaired) electrons. The predicted octanol–water partition coefficient (Wildman–Crippen LogP) is 3.22. The number of aliphatic hydroxyl groups is 1. The maximum absolute atomic E-state index is 8.58. The first-order valence-electron chi connectivity index (χ1n) is 6.58. The van der Waals surface area contributed by atoms with Crippen LogP contribution < -0.4 is 0 Å². The average Bonchev–Trinajstić information content (AvgIpc) is 2.30. The molecule has 2 nitrogen and oxygen atoms in total. The van der Waals surface area contributed by atoms with E-state index in [0.29, 0.717) is 19.1 Å². The van der Waals surface area contributed by atoms with Crippen molar-refractivity contribution in [3.63, 3.8) is 0 Å². The molecular formula is C16H24O2. The van der Waals surface area contributed by atoms with Crippen LogP contribution in [0.25, 0.3) is 6.08 Å². The maximum Gasteiger partial charge on any atom is 0.0701 e. The van der Waals surface area contributed by atoms with E-state index in [1.54, 1.807) is 0 Å². The van der Waals surface area contributed by atoms with Gasteiger partial charge in [0.2, 0.25) is 0 Å². The van der Waals surface area contributed by atoms with Gasteiger partial charge in [-0.25, -0.2) is 0 Å². The van der Waals surface area contributed by atoms with Gasteiger partial charge in [-0.05, 0) is 36.0 Å². The summed E-state index contributed by atoms with van der Waals surface area (Å²) in [5.41, 5.74) is 3.93. The number of hydrogen-bond acceptors (Lipinski definition) is 2. The van der Waals surface area contributed by atoms with Crippen molar-refractivity contribution in [2.75, 3.05) is 19.8 Å². The minimum atomic E-state index is 0.0801. The Morgan fingerprint density at radius 2 is 2.11 bits per heavy atom. The molecule has 0 heterocycles. The Morgan fingerprint density at radius 3 is 2.72 bits per heavy atom. The zero-order chi connectivity index (χ0) is 13.4. The topological polar surface area (TPSA) is 29.5 Å². The molecule has 0 aliphatic heterocycles. The molecule has 0 aliphatic carbocycles. The summed E-state index contributed by atoms with van der Waals surface area (Å²) in [5.74, 6) is 0.692. The molecular weight excluding hydrogens is 224 g/mol. The van der Waals surface area contributed by atoms with E-state index in [2.05, 4.69) is 45.0 Å². The SMILES string of the molecule is Cc1cc(CC(C)C)ccc1/C=C/COCCO. The first-order valence-corrected chi connectivity index (χ1v) is 6.58. The van der Waals surface area contributed by atoms with Crippen molar-refractivity contribution in [1.29, 1.82) is 0 Å². The van der Waals surface area contributed by atoms with Gasteiger partial charge in [-0.15, -0.1) is 0 Å². The second-order valence-electron chi connectivity index (χ2n) is 4.99. The maximum atomic E-state index is 8.58. The van der Waals surface area contributed by atoms with Crippen molar-refractivity contribution in [2.45, 2.75) is 27.2 Å². The molecule has 100 valence electrons. The standard InChI is InChI=1S/C16H24O2/c1-13(2)11-15-6-7-16(14(3)12-15)5-4-9-18-10-8-17/h4-7,12-13,17H,8-11H2,1-3H3/b5-4+. The highest BCUT2D eigenvalue weighted by Gasteiger charge is 2.00. The van der Waals surface area contributed by atoms with Crippen molar-refractivity contribution in [1.82, 2.24) is 0 Å². The lowest BCUT2D eigenvalue weighted by molar-refractivity contribution is 0.112. The number of aryl methyl sites for hydroxylation is 1. The molecule has 0 bridgehead atoms. The summed E-state index contributed by atoms with van der Waals surface area (Å²) in [6.45, 7) is 7.64. The third-order valence-electron chi connectivity index (χ3n) is 2.73. The van der Waals surface area contributed by atoms with Gasteiger partial charge in [0.25, 0.3) is 0 Å². The molecule has 1 rings (SSSR count). The monoisotopic (exact) mass is 248 g/mol. The highest BCUT2D eigenvalue weighted by atomic mass is 16.5. The smallest absolute Gasteiger partial charge is 0.0701 e. The molecule has 0 atom stereocenters. The predicted molar refractivity (Wildman–Crippen MR) is 76.7 cm³/mol. The van der Waals surface area contributed by atoms with Crippen LogP contribution in [0.15, 0.2) is 24.3 Å². The molecule has 1 N–H and O–H groups in total. The molecule has 0 aromatic heterocycles. The van der Waals surface area contributed by atoms with Gasteiger partial charge in [0, 0.05) is 0 Å². The summed E-state index contributed by atoms with van der Waals surface area (Å²) >= 11 is 0. The number of hydrogen-bond donors (Lipinski definition) is 1. The molecule has 1 aromatic carbocycles. The Bertz CT molecular complexity index is 381. The minimum absolute atomic E-state index is 0.0801. The molecule has 2 heteroatoms. The van der Waals surface area contributed by atoms with Crippen molar-refractivity contribution in [3.8, 4) is 0 Å². The molecule has 18 heavy (non-hydrogen) atoms. The van der Waals surface area contributed by atoms with Gasteiger partial charge in [-0.3, -0.25) is 0 Å². The number of rotatable bonds is 7. The van der Waals surface area contributed by atoms with Crippen molar-refractivity contribution >= 4 is 6.08 Å². The van der Waals surface area contributed by atoms with Crippen molar-refractivity contribution < 1.29 is 9.84 Å². The van der Waals surface area contributed by atoms with Gasteiger partial charge in [0.1, 0.15) is 0 Å². The van der Waals surface area contributed by atoms with E-state index in [4.69, 9.17) is 9.84 Å². The Morgan fingerprint density at radius 1 is 1.33 bits per heavy atom. The molecule has 0 fully saturated rings. The lowest BCUT2D eigenvalue weighted by Crippen LogP contribution is -1.98. The van der Waals surface area contributed by atoms with Crippen LogP contribution in [0, 0.1) is 12.8 Å². The van der Waals surface area contributed by atoms with Crippen LogP contribution in [0.4, 0.5) is 0 Å². The van der Waals surface area contributed by atoms with E-state index in [-0.39, 0.29) is 6.61 Å². The van der Waals surface area contributed by atoms with E-state index >= 15 is 0 Å². The zero-order valence-electron chi connectivity index (χ0n) is 11.6. The van der Waals surface area contributed by atoms with Crippen LogP contribution in [0.5, 0.6) is 0 Å². The van der Waals surface area contributed by atoms with Crippen LogP contribution in [-0.2, 0) is 11.2 Å². The minimum Gasteiger partial charge on any atom is -0.394 e. The van der Waals surface area contributed by atoms with Gasteiger partial charge in [-0.1, -0.05) is 44.2 Å². The quantitative estimate of drug-likeness (QED) is 0.751. The van der Waals surface area contributed by atoms with E-state index in [9.17, 15) is 0 Å². The van der Waals surface area contributed by atoms with Crippen molar-refractivity contribution in [2.24, 2.45) is 5.92 Å². The van der Waals surface area contributed by atoms with Gasteiger partial charge in [-0.2, -0.15) is 0 Å². The fourth-order valence-electron chi connectivity index (χ4n) is 1.91. The van der Waals surface area contributed by atoms with Gasteiger partial charge in [0.05, 0.1) is 19.8 Å². The fraction of sp³-hybridized carbons (Fsp3) is 0.500. The molecule has 0 aliphatic rings. The van der Waals surface area contributed by atoms with E-state index < -0.39 is 0 Å². The van der Waals surface area contributed by atoms with Crippen LogP contribution in [0.1, 0.15) is 30.5 Å². The van der Waals surface area contributed by atoms with Gasteiger partial charge in [0.15, 0.2) is 0 Å². The van der Waals surface area contributed by atoms with Crippen LogP contribution in [0.3, 0.4) is 0 Å². The molecule has 0 amide bonds. The summed E-state index contributed by atoms with van der Waals surface area (Å²) in [7, 11) is 0. The first-order chi connectivity index (χ1) is 8.63. The second-order valence-corrected chi connectivity index (χ2v) is 4.99. The lowest BCUT2D eigenvalue weighted by atomic mass is 9.98. The average molecular weight is 248 g/mol. The highest BCUT2D eigenvalue weighted by molar-refractivity contribution is 5.54. The van der Waals surface area contributed by atoms with E-state index in [1.165, 1.54) is 16.7 Å². The Hall–Kier alpha value is -1.12. The number of aliphatic hydroxyl groups excluding tert-OH is 1. The molecule has 0 saturated heterocycles. The third kappa shape index (κ3) is 5.48. The largest absolute Gasteiger partial charge is 0.394 e. The normalized spacial score (nSPS) is 11.6. The molecule has 0 unspecified atom stereocenters.